The van der Waals surface area contributed by atoms with E-state index in [0.717, 1.165) is 39.4 Å². The van der Waals surface area contributed by atoms with Gasteiger partial charge in [-0.2, -0.15) is 0 Å². The normalized spacial score (nSPS) is 19.0. The molecule has 6 nitrogen and oxygen atoms in total. The number of aliphatic hydroxyl groups excluding tert-OH is 1. The van der Waals surface area contributed by atoms with Gasteiger partial charge < -0.3 is 24.6 Å². The van der Waals surface area contributed by atoms with Crippen molar-refractivity contribution >= 4 is 0 Å². The number of nitrogens with one attached hydrogen (secondary N) is 1. The van der Waals surface area contributed by atoms with E-state index in [4.69, 9.17) is 14.2 Å². The van der Waals surface area contributed by atoms with E-state index in [-0.39, 0.29) is 0 Å². The molecule has 2 N–H and O–H groups in total. The molecular formula is C12H26N2O4. The molecule has 1 aliphatic rings. The van der Waals surface area contributed by atoms with Crippen molar-refractivity contribution in [3.05, 3.63) is 0 Å². The fraction of sp³-hybridized carbons (Fsp3) is 1.00. The first-order chi connectivity index (χ1) is 8.83. The molecule has 0 amide bonds. The molecule has 0 radical (unpaired) electrons. The predicted octanol–water partition coefficient (Wildman–Crippen LogP) is -1.07. The highest BCUT2D eigenvalue weighted by Crippen LogP contribution is 1.94. The maximum Gasteiger partial charge on any atom is 0.0897 e. The molecule has 1 aliphatic heterocycles. The van der Waals surface area contributed by atoms with E-state index in [1.807, 2.05) is 0 Å². The maximum absolute atomic E-state index is 9.62. The Morgan fingerprint density at radius 2 is 2.11 bits per heavy atom. The highest BCUT2D eigenvalue weighted by molar-refractivity contribution is 4.64. The van der Waals surface area contributed by atoms with Gasteiger partial charge in [0, 0.05) is 39.8 Å². The Labute approximate surface area is 109 Å². The summed E-state index contributed by atoms with van der Waals surface area (Å²) < 4.78 is 15.4. The monoisotopic (exact) mass is 262 g/mol. The van der Waals surface area contributed by atoms with Crippen LogP contribution in [0.25, 0.3) is 0 Å². The summed E-state index contributed by atoms with van der Waals surface area (Å²) in [5.41, 5.74) is 0. The Hall–Kier alpha value is -0.240. The SMILES string of the molecule is COCCOCC(O)CNCCN1CCOCC1. The van der Waals surface area contributed by atoms with Crippen LogP contribution in [-0.2, 0) is 14.2 Å². The van der Waals surface area contributed by atoms with Crippen LogP contribution in [-0.4, -0.2) is 89.0 Å². The van der Waals surface area contributed by atoms with Crippen molar-refractivity contribution in [3.8, 4) is 0 Å². The average Bonchev–Trinajstić information content (AvgIpc) is 2.41. The Kier molecular flexibility index (Phi) is 9.37. The zero-order valence-electron chi connectivity index (χ0n) is 11.3. The van der Waals surface area contributed by atoms with Gasteiger partial charge in [-0.15, -0.1) is 0 Å². The second-order valence-electron chi connectivity index (χ2n) is 4.38. The molecule has 1 unspecified atom stereocenters. The van der Waals surface area contributed by atoms with Crippen LogP contribution in [0.15, 0.2) is 0 Å². The lowest BCUT2D eigenvalue weighted by Gasteiger charge is -2.26. The van der Waals surface area contributed by atoms with Gasteiger partial charge >= 0.3 is 0 Å². The summed E-state index contributed by atoms with van der Waals surface area (Å²) in [6, 6.07) is 0. The molecule has 1 atom stereocenters. The number of morpholine rings is 1. The highest BCUT2D eigenvalue weighted by atomic mass is 16.5. The van der Waals surface area contributed by atoms with Crippen molar-refractivity contribution in [1.82, 2.24) is 10.2 Å². The molecule has 0 aromatic heterocycles. The van der Waals surface area contributed by atoms with Crippen LogP contribution >= 0.6 is 0 Å². The minimum absolute atomic E-state index is 0.355. The number of rotatable bonds is 10. The Bertz CT molecular complexity index is 189. The zero-order valence-corrected chi connectivity index (χ0v) is 11.3. The van der Waals surface area contributed by atoms with Crippen LogP contribution in [0.1, 0.15) is 0 Å². The number of hydrogen-bond donors (Lipinski definition) is 2. The minimum Gasteiger partial charge on any atom is -0.389 e. The summed E-state index contributed by atoms with van der Waals surface area (Å²) in [4.78, 5) is 2.36. The zero-order chi connectivity index (χ0) is 13.1. The molecule has 0 aromatic carbocycles. The van der Waals surface area contributed by atoms with E-state index in [1.165, 1.54) is 0 Å². The van der Waals surface area contributed by atoms with Gasteiger partial charge in [0.15, 0.2) is 0 Å². The lowest BCUT2D eigenvalue weighted by molar-refractivity contribution is 0.0128. The first-order valence-electron chi connectivity index (χ1n) is 6.58. The van der Waals surface area contributed by atoms with Crippen LogP contribution in [0.4, 0.5) is 0 Å². The number of aliphatic hydroxyl groups is 1. The third kappa shape index (κ3) is 7.97. The second-order valence-corrected chi connectivity index (χ2v) is 4.38. The van der Waals surface area contributed by atoms with Crippen LogP contribution < -0.4 is 5.32 Å². The minimum atomic E-state index is -0.452. The van der Waals surface area contributed by atoms with E-state index in [2.05, 4.69) is 10.2 Å². The fourth-order valence-corrected chi connectivity index (χ4v) is 1.75. The van der Waals surface area contributed by atoms with E-state index >= 15 is 0 Å². The Balaban J connectivity index is 1.86. The molecule has 1 rings (SSSR count). The van der Waals surface area contributed by atoms with Gasteiger partial charge in [-0.1, -0.05) is 0 Å². The predicted molar refractivity (Wildman–Crippen MR) is 68.8 cm³/mol. The molecule has 0 bridgehead atoms. The van der Waals surface area contributed by atoms with Gasteiger partial charge in [-0.3, -0.25) is 4.90 Å². The molecule has 0 aliphatic carbocycles. The topological polar surface area (TPSA) is 63.2 Å². The molecule has 0 aromatic rings. The largest absolute Gasteiger partial charge is 0.389 e. The Morgan fingerprint density at radius 1 is 1.33 bits per heavy atom. The number of nitrogens with zero attached hydrogens (tertiary/aromatic N) is 1. The summed E-state index contributed by atoms with van der Waals surface area (Å²) in [6.07, 6.45) is -0.452. The first-order valence-corrected chi connectivity index (χ1v) is 6.58. The third-order valence-electron chi connectivity index (χ3n) is 2.83. The molecule has 1 fully saturated rings. The standard InChI is InChI=1S/C12H26N2O4/c1-16-8-9-18-11-12(15)10-13-2-3-14-4-6-17-7-5-14/h12-13,15H,2-11H2,1H3. The highest BCUT2D eigenvalue weighted by Gasteiger charge is 2.09. The molecule has 18 heavy (non-hydrogen) atoms. The smallest absolute Gasteiger partial charge is 0.0897 e. The van der Waals surface area contributed by atoms with E-state index in [1.54, 1.807) is 7.11 Å². The molecule has 0 saturated carbocycles. The Morgan fingerprint density at radius 3 is 2.83 bits per heavy atom. The lowest BCUT2D eigenvalue weighted by Crippen LogP contribution is -2.41. The first kappa shape index (κ1) is 15.8. The van der Waals surface area contributed by atoms with Crippen LogP contribution in [0.2, 0.25) is 0 Å². The van der Waals surface area contributed by atoms with Crippen molar-refractivity contribution in [1.29, 1.82) is 0 Å². The number of hydrogen-bond acceptors (Lipinski definition) is 6. The molecule has 0 spiro atoms. The molecule has 6 heteroatoms. The van der Waals surface area contributed by atoms with Crippen molar-refractivity contribution in [3.63, 3.8) is 0 Å². The average molecular weight is 262 g/mol. The summed E-state index contributed by atoms with van der Waals surface area (Å²) in [7, 11) is 1.63. The number of methoxy groups -OCH3 is 1. The summed E-state index contributed by atoms with van der Waals surface area (Å²) in [5.74, 6) is 0. The third-order valence-corrected chi connectivity index (χ3v) is 2.83. The number of ether oxygens (including phenoxy) is 3. The van der Waals surface area contributed by atoms with Crippen LogP contribution in [0, 0.1) is 0 Å². The van der Waals surface area contributed by atoms with Crippen molar-refractivity contribution in [2.75, 3.05) is 72.9 Å². The summed E-state index contributed by atoms with van der Waals surface area (Å²) in [6.45, 7) is 7.57. The van der Waals surface area contributed by atoms with Gasteiger partial charge in [0.25, 0.3) is 0 Å². The van der Waals surface area contributed by atoms with Gasteiger partial charge in [0.1, 0.15) is 0 Å². The quantitative estimate of drug-likeness (QED) is 0.489. The van der Waals surface area contributed by atoms with Crippen molar-refractivity contribution in [2.45, 2.75) is 6.10 Å². The molecule has 1 heterocycles. The van der Waals surface area contributed by atoms with Gasteiger partial charge in [-0.05, 0) is 0 Å². The molecular weight excluding hydrogens is 236 g/mol. The maximum atomic E-state index is 9.62. The van der Waals surface area contributed by atoms with Crippen LogP contribution in [0.3, 0.4) is 0 Å². The molecule has 1 saturated heterocycles. The summed E-state index contributed by atoms with van der Waals surface area (Å²) >= 11 is 0. The van der Waals surface area contributed by atoms with Crippen LogP contribution in [0.5, 0.6) is 0 Å². The summed E-state index contributed by atoms with van der Waals surface area (Å²) in [5, 5.41) is 12.9. The van der Waals surface area contributed by atoms with Gasteiger partial charge in [0.2, 0.25) is 0 Å². The lowest BCUT2D eigenvalue weighted by atomic mass is 10.3. The van der Waals surface area contributed by atoms with Gasteiger partial charge in [-0.25, -0.2) is 0 Å². The fourth-order valence-electron chi connectivity index (χ4n) is 1.75. The van der Waals surface area contributed by atoms with Crippen molar-refractivity contribution in [2.24, 2.45) is 0 Å². The molecule has 108 valence electrons. The van der Waals surface area contributed by atoms with E-state index in [9.17, 15) is 5.11 Å². The van der Waals surface area contributed by atoms with Crippen molar-refractivity contribution < 1.29 is 19.3 Å². The second kappa shape index (κ2) is 10.7. The van der Waals surface area contributed by atoms with E-state index in [0.29, 0.717) is 26.4 Å². The van der Waals surface area contributed by atoms with Gasteiger partial charge in [0.05, 0.1) is 39.1 Å². The van der Waals surface area contributed by atoms with E-state index < -0.39 is 6.10 Å².